The predicted octanol–water partition coefficient (Wildman–Crippen LogP) is -0.525. The molecule has 0 aromatic heterocycles. The van der Waals surface area contributed by atoms with Crippen molar-refractivity contribution in [2.24, 2.45) is 11.5 Å². The molecule has 1 rings (SSSR count). The van der Waals surface area contributed by atoms with Crippen LogP contribution >= 0.6 is 0 Å². The van der Waals surface area contributed by atoms with Gasteiger partial charge in [-0.3, -0.25) is 4.79 Å². The zero-order valence-electron chi connectivity index (χ0n) is 10.6. The first kappa shape index (κ1) is 15.1. The highest BCUT2D eigenvalue weighted by atomic mass is 16.4. The standard InChI is InChI=1S/C13H19N3O3/c14-7-6-10(15)12(17)16-11(13(18)19)8-9-4-2-1-3-5-9/h1-5,10-11H,6-8,14-15H2,(H,16,17)(H,18,19)/t10-,11+/m0/s1. The minimum atomic E-state index is -1.09. The number of hydrogen-bond acceptors (Lipinski definition) is 4. The number of nitrogens with two attached hydrogens (primary N) is 2. The number of carbonyl (C=O) groups is 2. The van der Waals surface area contributed by atoms with Crippen LogP contribution in [0, 0.1) is 0 Å². The second kappa shape index (κ2) is 7.50. The maximum absolute atomic E-state index is 11.7. The number of hydrogen-bond donors (Lipinski definition) is 4. The van der Waals surface area contributed by atoms with E-state index < -0.39 is 24.0 Å². The molecule has 2 atom stereocenters. The van der Waals surface area contributed by atoms with Crippen LogP contribution < -0.4 is 16.8 Å². The first-order valence-electron chi connectivity index (χ1n) is 6.07. The molecular weight excluding hydrogens is 246 g/mol. The van der Waals surface area contributed by atoms with Gasteiger partial charge in [0.15, 0.2) is 0 Å². The normalized spacial score (nSPS) is 13.6. The van der Waals surface area contributed by atoms with Crippen molar-refractivity contribution in [3.05, 3.63) is 35.9 Å². The van der Waals surface area contributed by atoms with E-state index >= 15 is 0 Å². The number of carboxylic acid groups (broad SMARTS) is 1. The van der Waals surface area contributed by atoms with E-state index in [-0.39, 0.29) is 13.0 Å². The second-order valence-corrected chi connectivity index (χ2v) is 4.27. The van der Waals surface area contributed by atoms with Gasteiger partial charge in [-0.2, -0.15) is 0 Å². The average molecular weight is 265 g/mol. The van der Waals surface area contributed by atoms with Crippen molar-refractivity contribution in [1.29, 1.82) is 0 Å². The molecule has 6 nitrogen and oxygen atoms in total. The Morgan fingerprint density at radius 3 is 2.42 bits per heavy atom. The minimum Gasteiger partial charge on any atom is -0.480 e. The Hall–Kier alpha value is -1.92. The minimum absolute atomic E-state index is 0.220. The molecule has 0 aliphatic heterocycles. The van der Waals surface area contributed by atoms with Crippen molar-refractivity contribution < 1.29 is 14.7 Å². The first-order valence-corrected chi connectivity index (χ1v) is 6.07. The van der Waals surface area contributed by atoms with E-state index in [0.717, 1.165) is 5.56 Å². The van der Waals surface area contributed by atoms with Gasteiger partial charge in [-0.15, -0.1) is 0 Å². The van der Waals surface area contributed by atoms with Crippen LogP contribution in [0.1, 0.15) is 12.0 Å². The van der Waals surface area contributed by atoms with E-state index in [9.17, 15) is 9.59 Å². The van der Waals surface area contributed by atoms with Gasteiger partial charge in [-0.25, -0.2) is 4.79 Å². The van der Waals surface area contributed by atoms with Crippen LogP contribution in [0.2, 0.25) is 0 Å². The topological polar surface area (TPSA) is 118 Å². The molecule has 19 heavy (non-hydrogen) atoms. The van der Waals surface area contributed by atoms with E-state index in [2.05, 4.69) is 5.32 Å². The van der Waals surface area contributed by atoms with Crippen molar-refractivity contribution in [3.8, 4) is 0 Å². The monoisotopic (exact) mass is 265 g/mol. The summed E-state index contributed by atoms with van der Waals surface area (Å²) in [5.41, 5.74) is 11.7. The number of carbonyl (C=O) groups excluding carboxylic acids is 1. The van der Waals surface area contributed by atoms with Gasteiger partial charge in [0.05, 0.1) is 6.04 Å². The van der Waals surface area contributed by atoms with Crippen LogP contribution in [-0.4, -0.2) is 35.6 Å². The Labute approximate surface area is 111 Å². The maximum atomic E-state index is 11.7. The van der Waals surface area contributed by atoms with E-state index in [1.807, 2.05) is 30.3 Å². The van der Waals surface area contributed by atoms with Gasteiger partial charge in [0.1, 0.15) is 6.04 Å². The lowest BCUT2D eigenvalue weighted by Gasteiger charge is -2.17. The fourth-order valence-electron chi connectivity index (χ4n) is 1.64. The summed E-state index contributed by atoms with van der Waals surface area (Å²) in [6.07, 6.45) is 0.542. The molecule has 6 N–H and O–H groups in total. The third-order valence-corrected chi connectivity index (χ3v) is 2.71. The van der Waals surface area contributed by atoms with Crippen LogP contribution in [0.5, 0.6) is 0 Å². The summed E-state index contributed by atoms with van der Waals surface area (Å²) >= 11 is 0. The highest BCUT2D eigenvalue weighted by Crippen LogP contribution is 2.04. The fourth-order valence-corrected chi connectivity index (χ4v) is 1.64. The third kappa shape index (κ3) is 5.07. The lowest BCUT2D eigenvalue weighted by molar-refractivity contribution is -0.142. The fraction of sp³-hybridized carbons (Fsp3) is 0.385. The van der Waals surface area contributed by atoms with Gasteiger partial charge in [0.25, 0.3) is 0 Å². The van der Waals surface area contributed by atoms with E-state index in [1.54, 1.807) is 0 Å². The summed E-state index contributed by atoms with van der Waals surface area (Å²) in [4.78, 5) is 22.8. The number of nitrogens with one attached hydrogen (secondary N) is 1. The molecule has 1 aromatic carbocycles. The number of carboxylic acids is 1. The van der Waals surface area contributed by atoms with Crippen molar-refractivity contribution in [3.63, 3.8) is 0 Å². The number of rotatable bonds is 7. The summed E-state index contributed by atoms with van der Waals surface area (Å²) in [7, 11) is 0. The number of benzene rings is 1. The van der Waals surface area contributed by atoms with Crippen molar-refractivity contribution >= 4 is 11.9 Å². The molecular formula is C13H19N3O3. The lowest BCUT2D eigenvalue weighted by atomic mass is 10.1. The molecule has 0 aliphatic rings. The zero-order valence-corrected chi connectivity index (χ0v) is 10.6. The molecule has 0 spiro atoms. The van der Waals surface area contributed by atoms with Gasteiger partial charge >= 0.3 is 5.97 Å². The Morgan fingerprint density at radius 1 is 1.26 bits per heavy atom. The summed E-state index contributed by atoms with van der Waals surface area (Å²) in [6, 6.07) is 7.33. The Bertz CT molecular complexity index is 422. The summed E-state index contributed by atoms with van der Waals surface area (Å²) < 4.78 is 0. The molecule has 0 aliphatic carbocycles. The zero-order chi connectivity index (χ0) is 14.3. The van der Waals surface area contributed by atoms with Gasteiger partial charge in [-0.1, -0.05) is 30.3 Å². The van der Waals surface area contributed by atoms with E-state index in [1.165, 1.54) is 0 Å². The molecule has 0 saturated carbocycles. The van der Waals surface area contributed by atoms with E-state index in [0.29, 0.717) is 6.42 Å². The summed E-state index contributed by atoms with van der Waals surface area (Å²) in [5.74, 6) is -1.58. The van der Waals surface area contributed by atoms with Crippen molar-refractivity contribution in [2.45, 2.75) is 24.9 Å². The molecule has 1 aromatic rings. The Morgan fingerprint density at radius 2 is 1.89 bits per heavy atom. The molecule has 6 heteroatoms. The molecule has 0 heterocycles. The van der Waals surface area contributed by atoms with Crippen LogP contribution in [0.15, 0.2) is 30.3 Å². The van der Waals surface area contributed by atoms with E-state index in [4.69, 9.17) is 16.6 Å². The van der Waals surface area contributed by atoms with Crippen molar-refractivity contribution in [1.82, 2.24) is 5.32 Å². The van der Waals surface area contributed by atoms with Gasteiger partial charge in [0, 0.05) is 6.42 Å². The molecule has 1 amide bonds. The van der Waals surface area contributed by atoms with Gasteiger partial charge < -0.3 is 21.9 Å². The summed E-state index contributed by atoms with van der Waals surface area (Å²) in [6.45, 7) is 0.283. The summed E-state index contributed by atoms with van der Waals surface area (Å²) in [5, 5.41) is 11.5. The second-order valence-electron chi connectivity index (χ2n) is 4.27. The highest BCUT2D eigenvalue weighted by Gasteiger charge is 2.23. The maximum Gasteiger partial charge on any atom is 0.326 e. The SMILES string of the molecule is NCC[C@H](N)C(=O)N[C@H](Cc1ccccc1)C(=O)O. The molecule has 0 saturated heterocycles. The predicted molar refractivity (Wildman–Crippen MR) is 71.4 cm³/mol. The molecule has 0 radical (unpaired) electrons. The van der Waals surface area contributed by atoms with Gasteiger partial charge in [-0.05, 0) is 18.5 Å². The van der Waals surface area contributed by atoms with Crippen LogP contribution in [0.3, 0.4) is 0 Å². The molecule has 0 fully saturated rings. The molecule has 104 valence electrons. The van der Waals surface area contributed by atoms with Crippen LogP contribution in [0.4, 0.5) is 0 Å². The lowest BCUT2D eigenvalue weighted by Crippen LogP contribution is -2.49. The van der Waals surface area contributed by atoms with Crippen LogP contribution in [-0.2, 0) is 16.0 Å². The highest BCUT2D eigenvalue weighted by molar-refractivity contribution is 5.86. The Balaban J connectivity index is 2.64. The number of amides is 1. The average Bonchev–Trinajstić information content (AvgIpc) is 2.39. The largest absolute Gasteiger partial charge is 0.480 e. The number of aliphatic carboxylic acids is 1. The first-order chi connectivity index (χ1) is 9.04. The third-order valence-electron chi connectivity index (χ3n) is 2.71. The Kier molecular flexibility index (Phi) is 5.98. The van der Waals surface area contributed by atoms with Crippen molar-refractivity contribution in [2.75, 3.05) is 6.54 Å². The quantitative estimate of drug-likeness (QED) is 0.528. The molecule has 0 bridgehead atoms. The molecule has 0 unspecified atom stereocenters. The smallest absolute Gasteiger partial charge is 0.326 e. The van der Waals surface area contributed by atoms with Gasteiger partial charge in [0.2, 0.25) is 5.91 Å². The van der Waals surface area contributed by atoms with Crippen LogP contribution in [0.25, 0.3) is 0 Å².